The highest BCUT2D eigenvalue weighted by molar-refractivity contribution is 7.14. The fourth-order valence-corrected chi connectivity index (χ4v) is 2.20. The van der Waals surface area contributed by atoms with E-state index in [1.54, 1.807) is 17.5 Å². The molecule has 6 nitrogen and oxygen atoms in total. The molecule has 0 bridgehead atoms. The van der Waals surface area contributed by atoms with Gasteiger partial charge in [-0.1, -0.05) is 12.1 Å². The predicted octanol–water partition coefficient (Wildman–Crippen LogP) is 2.90. The number of aromatic nitrogens is 1. The molecule has 1 N–H and O–H groups in total. The van der Waals surface area contributed by atoms with Crippen molar-refractivity contribution in [2.24, 2.45) is 0 Å². The number of hydrogen-bond acceptors (Lipinski definition) is 5. The summed E-state index contributed by atoms with van der Waals surface area (Å²) in [6.07, 6.45) is 0. The molecule has 98 valence electrons. The number of thiazole rings is 1. The zero-order chi connectivity index (χ0) is 13.8. The topological polar surface area (TPSA) is 85.1 Å². The summed E-state index contributed by atoms with van der Waals surface area (Å²) >= 11 is 6.60. The van der Waals surface area contributed by atoms with Crippen molar-refractivity contribution >= 4 is 39.7 Å². The smallest absolute Gasteiger partial charge is 0.270 e. The first-order valence-electron chi connectivity index (χ1n) is 5.16. The van der Waals surface area contributed by atoms with Crippen LogP contribution in [0.1, 0.15) is 0 Å². The Morgan fingerprint density at radius 1 is 1.53 bits per heavy atom. The van der Waals surface area contributed by atoms with Gasteiger partial charge in [0.05, 0.1) is 10.6 Å². The largest absolute Gasteiger partial charge is 0.301 e. The van der Waals surface area contributed by atoms with Crippen molar-refractivity contribution in [1.29, 1.82) is 0 Å². The first kappa shape index (κ1) is 13.4. The number of anilines is 1. The summed E-state index contributed by atoms with van der Waals surface area (Å²) in [7, 11) is 0. The van der Waals surface area contributed by atoms with Crippen LogP contribution in [0.3, 0.4) is 0 Å². The molecule has 8 heteroatoms. The Balaban J connectivity index is 2.25. The van der Waals surface area contributed by atoms with E-state index in [0.717, 1.165) is 0 Å². The summed E-state index contributed by atoms with van der Waals surface area (Å²) in [6.45, 7) is 0. The number of nitrogens with zero attached hydrogens (tertiary/aromatic N) is 2. The highest BCUT2D eigenvalue weighted by atomic mass is 35.5. The fourth-order valence-electron chi connectivity index (χ4n) is 1.40. The van der Waals surface area contributed by atoms with Gasteiger partial charge in [0.25, 0.3) is 5.69 Å². The number of halogens is 1. The van der Waals surface area contributed by atoms with Crippen molar-refractivity contribution < 1.29 is 9.72 Å². The minimum absolute atomic E-state index is 0.00292. The first-order valence-corrected chi connectivity index (χ1v) is 6.57. The van der Waals surface area contributed by atoms with E-state index >= 15 is 0 Å². The molecule has 0 saturated carbocycles. The van der Waals surface area contributed by atoms with Crippen LogP contribution in [0.2, 0.25) is 0 Å². The van der Waals surface area contributed by atoms with Crippen LogP contribution in [0.15, 0.2) is 29.6 Å². The van der Waals surface area contributed by atoms with Gasteiger partial charge < -0.3 is 5.32 Å². The Kier molecular flexibility index (Phi) is 4.08. The number of nitrogens with one attached hydrogen (secondary N) is 1. The lowest BCUT2D eigenvalue weighted by Gasteiger charge is -1.97. The Hall–Kier alpha value is -1.99. The average molecular weight is 298 g/mol. The zero-order valence-electron chi connectivity index (χ0n) is 9.50. The lowest BCUT2D eigenvalue weighted by atomic mass is 10.1. The van der Waals surface area contributed by atoms with E-state index < -0.39 is 4.92 Å². The third-order valence-corrected chi connectivity index (χ3v) is 3.23. The molecule has 1 heterocycles. The average Bonchev–Trinajstić information content (AvgIpc) is 2.87. The maximum Gasteiger partial charge on any atom is 0.270 e. The number of hydrogen-bond donors (Lipinski definition) is 1. The van der Waals surface area contributed by atoms with Gasteiger partial charge in [0, 0.05) is 23.1 Å². The molecule has 1 aromatic heterocycles. The van der Waals surface area contributed by atoms with Crippen molar-refractivity contribution in [2.75, 3.05) is 11.2 Å². The molecule has 0 unspecified atom stereocenters. The molecule has 1 aromatic carbocycles. The normalized spacial score (nSPS) is 10.2. The summed E-state index contributed by atoms with van der Waals surface area (Å²) in [5, 5.41) is 15.3. The van der Waals surface area contributed by atoms with E-state index in [2.05, 4.69) is 10.3 Å². The zero-order valence-corrected chi connectivity index (χ0v) is 11.1. The van der Waals surface area contributed by atoms with Gasteiger partial charge in [0.1, 0.15) is 5.88 Å². The highest BCUT2D eigenvalue weighted by Gasteiger charge is 2.10. The standard InChI is InChI=1S/C11H8ClN3O3S/c12-5-10(16)14-11-13-9(6-19-11)7-2-1-3-8(4-7)15(17)18/h1-4,6H,5H2,(H,13,14,16). The molecule has 0 spiro atoms. The van der Waals surface area contributed by atoms with Crippen LogP contribution in [-0.4, -0.2) is 21.7 Å². The minimum Gasteiger partial charge on any atom is -0.301 e. The number of carbonyl (C=O) groups is 1. The van der Waals surface area contributed by atoms with Gasteiger partial charge in [-0.15, -0.1) is 22.9 Å². The first-order chi connectivity index (χ1) is 9.10. The minimum atomic E-state index is -0.466. The lowest BCUT2D eigenvalue weighted by molar-refractivity contribution is -0.384. The van der Waals surface area contributed by atoms with E-state index in [9.17, 15) is 14.9 Å². The molecule has 0 radical (unpaired) electrons. The second-order valence-electron chi connectivity index (χ2n) is 3.53. The molecule has 19 heavy (non-hydrogen) atoms. The number of nitro groups is 1. The van der Waals surface area contributed by atoms with Gasteiger partial charge >= 0.3 is 0 Å². The van der Waals surface area contributed by atoms with Crippen LogP contribution in [0.4, 0.5) is 10.8 Å². The summed E-state index contributed by atoms with van der Waals surface area (Å²) in [4.78, 5) is 25.5. The Morgan fingerprint density at radius 2 is 2.32 bits per heavy atom. The molecule has 0 aliphatic rings. The van der Waals surface area contributed by atoms with Crippen molar-refractivity contribution in [2.45, 2.75) is 0 Å². The monoisotopic (exact) mass is 297 g/mol. The van der Waals surface area contributed by atoms with Crippen molar-refractivity contribution in [3.05, 3.63) is 39.8 Å². The summed E-state index contributed by atoms with van der Waals surface area (Å²) in [5.74, 6) is -0.493. The quantitative estimate of drug-likeness (QED) is 0.534. The van der Waals surface area contributed by atoms with E-state index in [1.807, 2.05) is 0 Å². The van der Waals surface area contributed by atoms with E-state index in [1.165, 1.54) is 23.5 Å². The summed E-state index contributed by atoms with van der Waals surface area (Å²) in [5.41, 5.74) is 1.19. The van der Waals surface area contributed by atoms with E-state index in [-0.39, 0.29) is 17.5 Å². The van der Waals surface area contributed by atoms with Crippen LogP contribution in [0.25, 0.3) is 11.3 Å². The number of alkyl halides is 1. The number of nitro benzene ring substituents is 1. The molecule has 0 fully saturated rings. The van der Waals surface area contributed by atoms with Crippen molar-refractivity contribution in [1.82, 2.24) is 4.98 Å². The number of non-ortho nitro benzene ring substituents is 1. The molecular formula is C11H8ClN3O3S. The number of amides is 1. The van der Waals surface area contributed by atoms with Crippen LogP contribution >= 0.6 is 22.9 Å². The number of carbonyl (C=O) groups excluding carboxylic acids is 1. The fraction of sp³-hybridized carbons (Fsp3) is 0.0909. The Labute approximate surface area is 117 Å². The van der Waals surface area contributed by atoms with Gasteiger partial charge in [-0.25, -0.2) is 4.98 Å². The Morgan fingerprint density at radius 3 is 3.00 bits per heavy atom. The molecular weight excluding hydrogens is 290 g/mol. The van der Waals surface area contributed by atoms with Gasteiger partial charge in [0.15, 0.2) is 5.13 Å². The number of benzene rings is 1. The summed E-state index contributed by atoms with van der Waals surface area (Å²) in [6, 6.07) is 6.15. The second kappa shape index (κ2) is 5.77. The van der Waals surface area contributed by atoms with Gasteiger partial charge in [0.2, 0.25) is 5.91 Å². The van der Waals surface area contributed by atoms with Gasteiger partial charge in [-0.05, 0) is 0 Å². The predicted molar refractivity (Wildman–Crippen MR) is 73.6 cm³/mol. The third kappa shape index (κ3) is 3.27. The highest BCUT2D eigenvalue weighted by Crippen LogP contribution is 2.27. The lowest BCUT2D eigenvalue weighted by Crippen LogP contribution is -2.12. The number of rotatable bonds is 4. The second-order valence-corrected chi connectivity index (χ2v) is 4.65. The molecule has 0 aliphatic heterocycles. The van der Waals surface area contributed by atoms with Crippen LogP contribution in [-0.2, 0) is 4.79 Å². The summed E-state index contributed by atoms with van der Waals surface area (Å²) < 4.78 is 0. The Bertz CT molecular complexity index is 629. The molecule has 2 aromatic rings. The molecule has 2 rings (SSSR count). The van der Waals surface area contributed by atoms with Gasteiger partial charge in [-0.2, -0.15) is 0 Å². The molecule has 0 saturated heterocycles. The molecule has 0 atom stereocenters. The van der Waals surface area contributed by atoms with E-state index in [0.29, 0.717) is 16.4 Å². The molecule has 1 amide bonds. The SMILES string of the molecule is O=C(CCl)Nc1nc(-c2cccc([N+](=O)[O-])c2)cs1. The van der Waals surface area contributed by atoms with Crippen molar-refractivity contribution in [3.63, 3.8) is 0 Å². The van der Waals surface area contributed by atoms with E-state index in [4.69, 9.17) is 11.6 Å². The molecule has 0 aliphatic carbocycles. The van der Waals surface area contributed by atoms with Crippen LogP contribution in [0.5, 0.6) is 0 Å². The van der Waals surface area contributed by atoms with Crippen LogP contribution in [0, 0.1) is 10.1 Å². The van der Waals surface area contributed by atoms with Gasteiger partial charge in [-0.3, -0.25) is 14.9 Å². The third-order valence-electron chi connectivity index (χ3n) is 2.22. The maximum atomic E-state index is 11.1. The van der Waals surface area contributed by atoms with Crippen LogP contribution < -0.4 is 5.32 Å². The maximum absolute atomic E-state index is 11.1. The van der Waals surface area contributed by atoms with Crippen molar-refractivity contribution in [3.8, 4) is 11.3 Å².